The van der Waals surface area contributed by atoms with E-state index in [1.54, 1.807) is 0 Å². The monoisotopic (exact) mass is 677 g/mol. The quantitative estimate of drug-likeness (QED) is 0.337. The van der Waals surface area contributed by atoms with Gasteiger partial charge in [-0.25, -0.2) is 0 Å². The smallest absolute Gasteiger partial charge is 0.303 e. The van der Waals surface area contributed by atoms with Crippen molar-refractivity contribution >= 4 is 72.5 Å². The van der Waals surface area contributed by atoms with Crippen molar-refractivity contribution in [1.82, 2.24) is 4.57 Å². The Bertz CT molecular complexity index is 1320. The fourth-order valence-corrected chi connectivity index (χ4v) is 5.32. The fourth-order valence-electron chi connectivity index (χ4n) is 4.03. The van der Waals surface area contributed by atoms with Crippen molar-refractivity contribution in [3.05, 3.63) is 21.2 Å². The van der Waals surface area contributed by atoms with E-state index in [0.717, 1.165) is 27.7 Å². The summed E-state index contributed by atoms with van der Waals surface area (Å²) in [4.78, 5) is 59.9. The van der Waals surface area contributed by atoms with Crippen molar-refractivity contribution < 1.29 is 57.5 Å². The second kappa shape index (κ2) is 12.3. The minimum absolute atomic E-state index is 0.00998. The van der Waals surface area contributed by atoms with Crippen LogP contribution in [0.5, 0.6) is 11.5 Å². The van der Waals surface area contributed by atoms with Crippen LogP contribution in [0.15, 0.2) is 21.2 Å². The zero-order valence-electron chi connectivity index (χ0n) is 21.4. The number of ether oxygens (including phenoxy) is 6. The van der Waals surface area contributed by atoms with Gasteiger partial charge in [0.2, 0.25) is 18.3 Å². The van der Waals surface area contributed by atoms with Crippen LogP contribution in [0.3, 0.4) is 0 Å². The second-order valence-electron chi connectivity index (χ2n) is 8.48. The molecule has 1 fully saturated rings. The van der Waals surface area contributed by atoms with E-state index in [4.69, 9.17) is 28.4 Å². The first kappa shape index (κ1) is 30.4. The lowest BCUT2D eigenvalue weighted by Crippen LogP contribution is -2.63. The van der Waals surface area contributed by atoms with Gasteiger partial charge in [0.05, 0.1) is 26.0 Å². The minimum atomic E-state index is -1.53. The van der Waals surface area contributed by atoms with Gasteiger partial charge in [-0.3, -0.25) is 28.5 Å². The third-order valence-electron chi connectivity index (χ3n) is 5.46. The molecule has 0 bridgehead atoms. The zero-order chi connectivity index (χ0) is 29.2. The average Bonchev–Trinajstić information content (AvgIpc) is 3.17. The van der Waals surface area contributed by atoms with Crippen LogP contribution in [-0.4, -0.2) is 76.8 Å². The van der Waals surface area contributed by atoms with Crippen LogP contribution in [0.4, 0.5) is 0 Å². The molecule has 3 rings (SSSR count). The number of carbonyl (C=O) groups excluding carboxylic acids is 5. The molecular formula is C24H25Br2NO12. The number of esters is 4. The number of fused-ring (bicyclic) bond motifs is 1. The van der Waals surface area contributed by atoms with Crippen molar-refractivity contribution in [2.24, 2.45) is 0 Å². The minimum Gasteiger partial charge on any atom is -0.506 e. The third-order valence-corrected chi connectivity index (χ3v) is 6.83. The van der Waals surface area contributed by atoms with Crippen LogP contribution in [-0.2, 0) is 42.9 Å². The van der Waals surface area contributed by atoms with Crippen molar-refractivity contribution in [3.63, 3.8) is 0 Å². The van der Waals surface area contributed by atoms with E-state index in [0.29, 0.717) is 9.99 Å². The normalized spacial score (nSPS) is 22.6. The van der Waals surface area contributed by atoms with E-state index >= 15 is 0 Å². The molecule has 5 atom stereocenters. The first-order chi connectivity index (χ1) is 18.2. The molecule has 39 heavy (non-hydrogen) atoms. The summed E-state index contributed by atoms with van der Waals surface area (Å²) in [5, 5.41) is 10.7. The van der Waals surface area contributed by atoms with Crippen molar-refractivity contribution in [2.45, 2.75) is 65.3 Å². The van der Waals surface area contributed by atoms with E-state index in [2.05, 4.69) is 31.9 Å². The lowest BCUT2D eigenvalue weighted by molar-refractivity contribution is -0.288. The van der Waals surface area contributed by atoms with Gasteiger partial charge in [-0.15, -0.1) is 0 Å². The summed E-state index contributed by atoms with van der Waals surface area (Å²) in [6.07, 6.45) is -5.72. The molecule has 0 aliphatic carbocycles. The highest BCUT2D eigenvalue weighted by molar-refractivity contribution is 9.11. The molecule has 0 spiro atoms. The summed E-state index contributed by atoms with van der Waals surface area (Å²) in [7, 11) is 0. The topological polar surface area (TPSA) is 166 Å². The fraction of sp³-hybridized carbons (Fsp3) is 0.458. The Morgan fingerprint density at radius 3 is 2.00 bits per heavy atom. The van der Waals surface area contributed by atoms with Crippen molar-refractivity contribution in [1.29, 1.82) is 0 Å². The Balaban J connectivity index is 2.16. The lowest BCUT2D eigenvalue weighted by atomic mass is 9.98. The number of rotatable bonds is 7. The largest absolute Gasteiger partial charge is 0.506 e. The Morgan fingerprint density at radius 2 is 1.46 bits per heavy atom. The molecule has 2 heterocycles. The molecule has 1 aromatic carbocycles. The van der Waals surface area contributed by atoms with Crippen molar-refractivity contribution in [3.8, 4) is 11.5 Å². The summed E-state index contributed by atoms with van der Waals surface area (Å²) in [5.74, 6) is -3.61. The van der Waals surface area contributed by atoms with Crippen molar-refractivity contribution in [2.75, 3.05) is 6.61 Å². The number of hydrogen-bond acceptors (Lipinski definition) is 12. The summed E-state index contributed by atoms with van der Waals surface area (Å²) in [6, 6.07) is 1.50. The van der Waals surface area contributed by atoms with E-state index in [1.165, 1.54) is 23.8 Å². The number of nitrogens with zero attached hydrogens (tertiary/aromatic N) is 1. The van der Waals surface area contributed by atoms with E-state index in [-0.39, 0.29) is 27.3 Å². The maximum Gasteiger partial charge on any atom is 0.303 e. The number of hydrogen-bond donors (Lipinski definition) is 1. The molecule has 2 aromatic rings. The summed E-state index contributed by atoms with van der Waals surface area (Å²) in [5.41, 5.74) is 0.347. The second-order valence-corrected chi connectivity index (χ2v) is 10.1. The Hall–Kier alpha value is -3.17. The predicted octanol–water partition coefficient (Wildman–Crippen LogP) is 2.99. The van der Waals surface area contributed by atoms with Gasteiger partial charge in [0.25, 0.3) is 0 Å². The molecule has 1 aliphatic heterocycles. The summed E-state index contributed by atoms with van der Waals surface area (Å²) < 4.78 is 35.0. The Labute approximate surface area is 238 Å². The van der Waals surface area contributed by atoms with Gasteiger partial charge in [-0.05, 0) is 37.9 Å². The van der Waals surface area contributed by atoms with Gasteiger partial charge >= 0.3 is 23.9 Å². The highest BCUT2D eigenvalue weighted by atomic mass is 79.9. The van der Waals surface area contributed by atoms with E-state index in [1.807, 2.05) is 0 Å². The summed E-state index contributed by atoms with van der Waals surface area (Å²) in [6.45, 7) is 5.33. The number of phenolic OH excluding ortho intramolecular Hbond substituents is 1. The summed E-state index contributed by atoms with van der Waals surface area (Å²) >= 11 is 6.53. The van der Waals surface area contributed by atoms with Gasteiger partial charge in [-0.1, -0.05) is 0 Å². The van der Waals surface area contributed by atoms with Crippen LogP contribution >= 0.6 is 31.9 Å². The molecule has 0 unspecified atom stereocenters. The Kier molecular flexibility index (Phi) is 9.61. The SMILES string of the molecule is CC(=O)OC[C@H]1O[C@@H](Oc2cn(C(C)=O)c3cc(Br)c(O)c(Br)c23)[C@H](OC(C)=O)[C@@H](OC(C)=O)[C@@H]1OC(C)=O. The van der Waals surface area contributed by atoms with Gasteiger partial charge in [-0.2, -0.15) is 0 Å². The van der Waals surface area contributed by atoms with Gasteiger partial charge in [0.15, 0.2) is 12.2 Å². The van der Waals surface area contributed by atoms with Crippen LogP contribution < -0.4 is 4.74 Å². The number of aromatic nitrogens is 1. The molecule has 0 radical (unpaired) electrons. The number of phenols is 1. The van der Waals surface area contributed by atoms with E-state index in [9.17, 15) is 29.1 Å². The first-order valence-electron chi connectivity index (χ1n) is 11.4. The molecule has 15 heteroatoms. The molecule has 1 N–H and O–H groups in total. The van der Waals surface area contributed by atoms with Gasteiger partial charge in [0, 0.05) is 34.6 Å². The number of carbonyl (C=O) groups is 5. The third kappa shape index (κ3) is 6.89. The molecule has 0 amide bonds. The van der Waals surface area contributed by atoms with Crippen LogP contribution in [0.2, 0.25) is 0 Å². The standard InChI is InChI=1S/C24H25Br2NO12/c1-9(28)27-7-16(18-15(27)6-14(25)20(33)19(18)26)38-24-23(37-13(5)32)22(36-12(4)31)21(35-11(3)30)17(39-24)8-34-10(2)29/h6-7,17,21-24,33H,8H2,1-5H3/t17-,21-,22+,23-,24-/m1/s1. The molecule has 0 saturated carbocycles. The Morgan fingerprint density at radius 1 is 0.897 bits per heavy atom. The van der Waals surface area contributed by atoms with E-state index < -0.39 is 61.2 Å². The molecule has 13 nitrogen and oxygen atoms in total. The number of halogens is 2. The molecular weight excluding hydrogens is 654 g/mol. The average molecular weight is 679 g/mol. The maximum atomic E-state index is 12.4. The molecule has 1 aromatic heterocycles. The predicted molar refractivity (Wildman–Crippen MR) is 138 cm³/mol. The number of aromatic hydroxyl groups is 1. The molecule has 1 aliphatic rings. The first-order valence-corrected chi connectivity index (χ1v) is 13.0. The highest BCUT2D eigenvalue weighted by Gasteiger charge is 2.53. The molecule has 1 saturated heterocycles. The van der Waals surface area contributed by atoms with Crippen LogP contribution in [0.1, 0.15) is 39.4 Å². The van der Waals surface area contributed by atoms with Crippen LogP contribution in [0.25, 0.3) is 10.9 Å². The molecule has 212 valence electrons. The van der Waals surface area contributed by atoms with Gasteiger partial charge in [0.1, 0.15) is 24.2 Å². The van der Waals surface area contributed by atoms with Crippen LogP contribution in [0, 0.1) is 0 Å². The van der Waals surface area contributed by atoms with Gasteiger partial charge < -0.3 is 33.5 Å². The number of benzene rings is 1. The lowest BCUT2D eigenvalue weighted by Gasteiger charge is -2.43. The maximum absolute atomic E-state index is 12.4. The highest BCUT2D eigenvalue weighted by Crippen LogP contribution is 2.44. The zero-order valence-corrected chi connectivity index (χ0v) is 24.6.